The number of ether oxygens (including phenoxy) is 4. The van der Waals surface area contributed by atoms with Crippen LogP contribution in [-0.4, -0.2) is 77.5 Å². The Morgan fingerprint density at radius 3 is 1.29 bits per heavy atom. The highest BCUT2D eigenvalue weighted by atomic mass is 16.5. The minimum absolute atomic E-state index is 0.158. The van der Waals surface area contributed by atoms with Gasteiger partial charge in [0.15, 0.2) is 11.6 Å². The monoisotopic (exact) mass is 400 g/mol. The Balaban J connectivity index is 4.87. The van der Waals surface area contributed by atoms with Gasteiger partial charge in [0.25, 0.3) is 0 Å². The van der Waals surface area contributed by atoms with Crippen LogP contribution in [-0.2, 0) is 28.5 Å². The smallest absolute Gasteiger partial charge is 0.188 e. The van der Waals surface area contributed by atoms with Crippen molar-refractivity contribution in [2.24, 2.45) is 0 Å². The van der Waals surface area contributed by atoms with E-state index in [4.69, 9.17) is 18.9 Å². The molecule has 0 aliphatic rings. The summed E-state index contributed by atoms with van der Waals surface area (Å²) in [5, 5.41) is 6.32. The third-order valence-corrected chi connectivity index (χ3v) is 4.25. The fraction of sp³-hybridized carbons (Fsp3) is 0.700. The number of hydrogen-bond acceptors (Lipinski definition) is 8. The summed E-state index contributed by atoms with van der Waals surface area (Å²) >= 11 is 0. The highest BCUT2D eigenvalue weighted by molar-refractivity contribution is 5.97. The maximum atomic E-state index is 12.3. The van der Waals surface area contributed by atoms with Crippen molar-refractivity contribution in [2.45, 2.75) is 38.9 Å². The molecule has 0 aromatic carbocycles. The lowest BCUT2D eigenvalue weighted by Crippen LogP contribution is -2.35. The highest BCUT2D eigenvalue weighted by Gasteiger charge is 2.26. The summed E-state index contributed by atoms with van der Waals surface area (Å²) in [4.78, 5) is 24.5. The zero-order valence-corrected chi connectivity index (χ0v) is 18.4. The van der Waals surface area contributed by atoms with Crippen LogP contribution in [0, 0.1) is 0 Å². The fourth-order valence-electron chi connectivity index (χ4n) is 1.91. The molecule has 0 spiro atoms. The van der Waals surface area contributed by atoms with Gasteiger partial charge in [-0.15, -0.1) is 0 Å². The Bertz CT molecular complexity index is 517. The van der Waals surface area contributed by atoms with E-state index in [0.29, 0.717) is 24.5 Å². The van der Waals surface area contributed by atoms with E-state index in [0.717, 1.165) is 0 Å². The summed E-state index contributed by atoms with van der Waals surface area (Å²) in [7, 11) is 6.11. The lowest BCUT2D eigenvalue weighted by atomic mass is 10.0. The zero-order chi connectivity index (χ0) is 21.8. The van der Waals surface area contributed by atoms with E-state index in [9.17, 15) is 9.59 Å². The molecule has 0 radical (unpaired) electrons. The molecule has 0 saturated heterocycles. The number of hydrogen-bond donors (Lipinski definition) is 2. The second kappa shape index (κ2) is 12.7. The normalized spacial score (nSPS) is 13.4. The molecular weight excluding hydrogens is 364 g/mol. The molecule has 2 N–H and O–H groups in total. The summed E-state index contributed by atoms with van der Waals surface area (Å²) in [6.07, 6.45) is 2.98. The second-order valence-electron chi connectivity index (χ2n) is 7.22. The Kier molecular flexibility index (Phi) is 11.9. The highest BCUT2D eigenvalue weighted by Crippen LogP contribution is 2.11. The summed E-state index contributed by atoms with van der Waals surface area (Å²) in [5.41, 5.74) is -0.509. The first kappa shape index (κ1) is 26.3. The fourth-order valence-corrected chi connectivity index (χ4v) is 1.91. The Morgan fingerprint density at radius 2 is 1.04 bits per heavy atom. The van der Waals surface area contributed by atoms with E-state index in [2.05, 4.69) is 10.6 Å². The predicted molar refractivity (Wildman–Crippen MR) is 108 cm³/mol. The van der Waals surface area contributed by atoms with Crippen LogP contribution >= 0.6 is 0 Å². The first-order valence-electron chi connectivity index (χ1n) is 9.10. The third-order valence-electron chi connectivity index (χ3n) is 4.25. The van der Waals surface area contributed by atoms with Crippen molar-refractivity contribution >= 4 is 11.6 Å². The van der Waals surface area contributed by atoms with Crippen molar-refractivity contribution in [2.75, 3.05) is 54.7 Å². The molecule has 0 saturated carbocycles. The summed E-state index contributed by atoms with van der Waals surface area (Å²) in [6.45, 7) is 8.39. The van der Waals surface area contributed by atoms with Gasteiger partial charge in [-0.2, -0.15) is 0 Å². The Hall–Kier alpha value is -1.74. The number of methoxy groups -OCH3 is 4. The molecule has 0 amide bonds. The Labute approximate surface area is 168 Å². The van der Waals surface area contributed by atoms with Crippen LogP contribution < -0.4 is 10.6 Å². The van der Waals surface area contributed by atoms with Crippen LogP contribution in [0.3, 0.4) is 0 Å². The van der Waals surface area contributed by atoms with Gasteiger partial charge in [-0.25, -0.2) is 0 Å². The van der Waals surface area contributed by atoms with Crippen molar-refractivity contribution in [1.82, 2.24) is 10.6 Å². The molecule has 0 aromatic rings. The van der Waals surface area contributed by atoms with Crippen molar-refractivity contribution in [1.29, 1.82) is 0 Å². The van der Waals surface area contributed by atoms with Crippen molar-refractivity contribution in [3.8, 4) is 0 Å². The Morgan fingerprint density at radius 1 is 0.714 bits per heavy atom. The lowest BCUT2D eigenvalue weighted by molar-refractivity contribution is -0.132. The van der Waals surface area contributed by atoms with Gasteiger partial charge in [-0.05, 0) is 27.7 Å². The predicted octanol–water partition coefficient (Wildman–Crippen LogP) is 1.21. The average molecular weight is 401 g/mol. The first-order valence-corrected chi connectivity index (χ1v) is 9.10. The van der Waals surface area contributed by atoms with Crippen molar-refractivity contribution in [3.63, 3.8) is 0 Å². The average Bonchev–Trinajstić information content (AvgIpc) is 2.64. The standard InChI is InChI=1S/C20H36N2O6/c1-19(2,27-7)17(23)11-15(13-25-5)21-9-10-22-16(14-26-6)12-18(24)20(3,4)28-8/h11-12,21-22H,9-10,13-14H2,1-8H3/b15-11-,16-12-. The minimum Gasteiger partial charge on any atom is -0.385 e. The number of nitrogens with one attached hydrogen (secondary N) is 2. The molecule has 0 unspecified atom stereocenters. The summed E-state index contributed by atoms with van der Waals surface area (Å²) in [5.74, 6) is -0.315. The molecule has 0 fully saturated rings. The number of rotatable bonds is 15. The molecule has 0 bridgehead atoms. The largest absolute Gasteiger partial charge is 0.385 e. The van der Waals surface area contributed by atoms with Gasteiger partial charge in [0.2, 0.25) is 0 Å². The molecule has 0 aliphatic carbocycles. The summed E-state index contributed by atoms with van der Waals surface area (Å²) in [6, 6.07) is 0. The van der Waals surface area contributed by atoms with E-state index in [1.165, 1.54) is 26.4 Å². The van der Waals surface area contributed by atoms with Gasteiger partial charge < -0.3 is 29.6 Å². The molecule has 0 aliphatic heterocycles. The molecule has 8 nitrogen and oxygen atoms in total. The van der Waals surface area contributed by atoms with E-state index in [-0.39, 0.29) is 24.8 Å². The SMILES string of the molecule is COC/C(=C/C(=O)C(C)(C)OC)NCCN/C(=C\C(=O)C(C)(C)OC)COC. The van der Waals surface area contributed by atoms with Crippen LogP contribution in [0.4, 0.5) is 0 Å². The van der Waals surface area contributed by atoms with E-state index < -0.39 is 11.2 Å². The van der Waals surface area contributed by atoms with Gasteiger partial charge in [0.05, 0.1) is 13.2 Å². The topological polar surface area (TPSA) is 95.1 Å². The number of carbonyl (C=O) groups excluding carboxylic acids is 2. The van der Waals surface area contributed by atoms with Crippen LogP contribution in [0.5, 0.6) is 0 Å². The number of ketones is 2. The molecule has 8 heteroatoms. The molecule has 0 heterocycles. The van der Waals surface area contributed by atoms with E-state index in [1.807, 2.05) is 0 Å². The van der Waals surface area contributed by atoms with Crippen LogP contribution in [0.25, 0.3) is 0 Å². The van der Waals surface area contributed by atoms with Crippen molar-refractivity contribution < 1.29 is 28.5 Å². The van der Waals surface area contributed by atoms with Gasteiger partial charge >= 0.3 is 0 Å². The lowest BCUT2D eigenvalue weighted by Gasteiger charge is -2.21. The van der Waals surface area contributed by atoms with Gasteiger partial charge in [-0.3, -0.25) is 9.59 Å². The maximum absolute atomic E-state index is 12.3. The van der Waals surface area contributed by atoms with Crippen LogP contribution in [0.15, 0.2) is 23.5 Å². The first-order chi connectivity index (χ1) is 13.0. The van der Waals surface area contributed by atoms with Crippen LogP contribution in [0.2, 0.25) is 0 Å². The van der Waals surface area contributed by atoms with Crippen molar-refractivity contribution in [3.05, 3.63) is 23.5 Å². The molecular formula is C20H36N2O6. The second-order valence-corrected chi connectivity index (χ2v) is 7.22. The quantitative estimate of drug-likeness (QED) is 0.313. The number of carbonyl (C=O) groups is 2. The molecule has 0 rings (SSSR count). The molecule has 28 heavy (non-hydrogen) atoms. The maximum Gasteiger partial charge on any atom is 0.188 e. The van der Waals surface area contributed by atoms with E-state index in [1.54, 1.807) is 41.9 Å². The molecule has 0 atom stereocenters. The van der Waals surface area contributed by atoms with Gasteiger partial charge in [-0.1, -0.05) is 0 Å². The minimum atomic E-state index is -0.901. The molecule has 0 aromatic heterocycles. The van der Waals surface area contributed by atoms with Crippen LogP contribution in [0.1, 0.15) is 27.7 Å². The zero-order valence-electron chi connectivity index (χ0n) is 18.4. The van der Waals surface area contributed by atoms with E-state index >= 15 is 0 Å². The van der Waals surface area contributed by atoms with Gasteiger partial charge in [0.1, 0.15) is 11.2 Å². The third kappa shape index (κ3) is 9.45. The summed E-state index contributed by atoms with van der Waals surface area (Å²) < 4.78 is 20.7. The van der Waals surface area contributed by atoms with Gasteiger partial charge in [0, 0.05) is 65.1 Å². The molecule has 162 valence electrons.